The van der Waals surface area contributed by atoms with Gasteiger partial charge in [0.15, 0.2) is 0 Å². The van der Waals surface area contributed by atoms with Crippen LogP contribution in [0, 0.1) is 0 Å². The van der Waals surface area contributed by atoms with E-state index in [0.29, 0.717) is 11.5 Å². The monoisotopic (exact) mass is 312 g/mol. The van der Waals surface area contributed by atoms with Crippen molar-refractivity contribution in [2.45, 2.75) is 46.1 Å². The molecule has 1 heterocycles. The van der Waals surface area contributed by atoms with Crippen molar-refractivity contribution in [2.75, 3.05) is 5.32 Å². The molecule has 0 atom stereocenters. The minimum atomic E-state index is -0.166. The van der Waals surface area contributed by atoms with Crippen molar-refractivity contribution in [1.29, 1.82) is 0 Å². The zero-order valence-electron chi connectivity index (χ0n) is 14.3. The Morgan fingerprint density at radius 3 is 2.09 bits per heavy atom. The molecule has 1 amide bonds. The summed E-state index contributed by atoms with van der Waals surface area (Å²) in [6, 6.07) is 8.27. The molecule has 2 N–H and O–H groups in total. The molecule has 0 fully saturated rings. The van der Waals surface area contributed by atoms with Gasteiger partial charge >= 0.3 is 0 Å². The highest BCUT2D eigenvalue weighted by Crippen LogP contribution is 2.24. The van der Waals surface area contributed by atoms with Gasteiger partial charge in [0.05, 0.1) is 5.56 Å². The summed E-state index contributed by atoms with van der Waals surface area (Å²) in [5.74, 6) is 0.302. The lowest BCUT2D eigenvalue weighted by Crippen LogP contribution is -2.30. The Kier molecular flexibility index (Phi) is 4.98. The summed E-state index contributed by atoms with van der Waals surface area (Å²) in [6.45, 7) is 10.4. The summed E-state index contributed by atoms with van der Waals surface area (Å²) >= 11 is 0. The van der Waals surface area contributed by atoms with Crippen molar-refractivity contribution in [2.24, 2.45) is 0 Å². The number of aromatic nitrogens is 2. The smallest absolute Gasteiger partial charge is 0.254 e. The maximum Gasteiger partial charge on any atom is 0.254 e. The van der Waals surface area contributed by atoms with Gasteiger partial charge in [0, 0.05) is 24.1 Å². The van der Waals surface area contributed by atoms with Gasteiger partial charge in [0.2, 0.25) is 5.95 Å². The number of rotatable bonds is 4. The normalized spacial score (nSPS) is 11.4. The first kappa shape index (κ1) is 16.9. The van der Waals surface area contributed by atoms with E-state index in [2.05, 4.69) is 53.5 Å². The van der Waals surface area contributed by atoms with Gasteiger partial charge in [-0.05, 0) is 37.0 Å². The summed E-state index contributed by atoms with van der Waals surface area (Å²) in [4.78, 5) is 20.2. The Bertz CT molecular complexity index is 655. The molecule has 0 aliphatic rings. The van der Waals surface area contributed by atoms with Crippen molar-refractivity contribution in [1.82, 2.24) is 15.3 Å². The average Bonchev–Trinajstić information content (AvgIpc) is 2.47. The fourth-order valence-corrected chi connectivity index (χ4v) is 2.04. The van der Waals surface area contributed by atoms with Gasteiger partial charge in [-0.1, -0.05) is 32.9 Å². The summed E-state index contributed by atoms with van der Waals surface area (Å²) in [5, 5.41) is 5.94. The van der Waals surface area contributed by atoms with Crippen LogP contribution in [0.1, 0.15) is 50.5 Å². The molecule has 0 saturated heterocycles. The first-order valence-corrected chi connectivity index (χ1v) is 7.76. The topological polar surface area (TPSA) is 66.9 Å². The number of nitrogens with one attached hydrogen (secondary N) is 2. The molecule has 23 heavy (non-hydrogen) atoms. The zero-order valence-corrected chi connectivity index (χ0v) is 14.3. The van der Waals surface area contributed by atoms with Gasteiger partial charge in [0.25, 0.3) is 5.91 Å². The molecule has 1 aromatic carbocycles. The predicted octanol–water partition coefficient (Wildman–Crippen LogP) is 3.66. The molecule has 0 spiro atoms. The van der Waals surface area contributed by atoms with Crippen LogP contribution in [0.3, 0.4) is 0 Å². The third-order valence-electron chi connectivity index (χ3n) is 3.34. The maximum atomic E-state index is 11.8. The van der Waals surface area contributed by atoms with Crippen molar-refractivity contribution in [3.05, 3.63) is 47.8 Å². The molecule has 2 rings (SSSR count). The molecular formula is C18H24N4O. The molecular weight excluding hydrogens is 288 g/mol. The Morgan fingerprint density at radius 1 is 1.04 bits per heavy atom. The maximum absolute atomic E-state index is 11.8. The van der Waals surface area contributed by atoms with Crippen LogP contribution in [-0.2, 0) is 5.41 Å². The van der Waals surface area contributed by atoms with Crippen molar-refractivity contribution < 1.29 is 4.79 Å². The van der Waals surface area contributed by atoms with Crippen LogP contribution in [0.2, 0.25) is 0 Å². The number of anilines is 2. The summed E-state index contributed by atoms with van der Waals surface area (Å²) in [6.07, 6.45) is 3.05. The lowest BCUT2D eigenvalue weighted by atomic mass is 9.87. The summed E-state index contributed by atoms with van der Waals surface area (Å²) in [5.41, 5.74) is 2.76. The number of hydrogen-bond donors (Lipinski definition) is 2. The molecule has 2 aromatic rings. The largest absolute Gasteiger partial charge is 0.350 e. The fraction of sp³-hybridized carbons (Fsp3) is 0.389. The summed E-state index contributed by atoms with van der Waals surface area (Å²) < 4.78 is 0. The lowest BCUT2D eigenvalue weighted by molar-refractivity contribution is 0.0942. The Hall–Kier alpha value is -2.43. The minimum Gasteiger partial charge on any atom is -0.350 e. The summed E-state index contributed by atoms with van der Waals surface area (Å²) in [7, 11) is 0. The highest BCUT2D eigenvalue weighted by Gasteiger charge is 2.13. The van der Waals surface area contributed by atoms with Gasteiger partial charge in [-0.3, -0.25) is 4.79 Å². The second-order valence-electron chi connectivity index (χ2n) is 6.88. The number of carbonyl (C=O) groups is 1. The quantitative estimate of drug-likeness (QED) is 0.904. The van der Waals surface area contributed by atoms with E-state index in [9.17, 15) is 4.79 Å². The van der Waals surface area contributed by atoms with Crippen molar-refractivity contribution in [3.63, 3.8) is 0 Å². The fourth-order valence-electron chi connectivity index (χ4n) is 2.04. The molecule has 5 heteroatoms. The van der Waals surface area contributed by atoms with Crippen molar-refractivity contribution in [3.8, 4) is 0 Å². The van der Waals surface area contributed by atoms with Gasteiger partial charge in [-0.2, -0.15) is 0 Å². The molecule has 0 aliphatic carbocycles. The van der Waals surface area contributed by atoms with E-state index < -0.39 is 0 Å². The third kappa shape index (κ3) is 4.77. The van der Waals surface area contributed by atoms with Gasteiger partial charge in [-0.15, -0.1) is 0 Å². The Morgan fingerprint density at radius 2 is 1.61 bits per heavy atom. The van der Waals surface area contributed by atoms with Crippen LogP contribution in [0.25, 0.3) is 0 Å². The SMILES string of the molecule is CC(C)NC(=O)c1cnc(Nc2ccc(C(C)(C)C)cc2)nc1. The van der Waals surface area contributed by atoms with E-state index in [4.69, 9.17) is 0 Å². The van der Waals surface area contributed by atoms with Gasteiger partial charge < -0.3 is 10.6 Å². The Labute approximate surface area is 137 Å². The molecule has 0 saturated carbocycles. The van der Waals surface area contributed by atoms with Crippen LogP contribution >= 0.6 is 0 Å². The van der Waals surface area contributed by atoms with Crippen LogP contribution in [-0.4, -0.2) is 21.9 Å². The first-order chi connectivity index (χ1) is 10.8. The molecule has 0 unspecified atom stereocenters. The third-order valence-corrected chi connectivity index (χ3v) is 3.34. The minimum absolute atomic E-state index is 0.0848. The van der Waals surface area contributed by atoms with Crippen LogP contribution in [0.4, 0.5) is 11.6 Å². The van der Waals surface area contributed by atoms with E-state index in [1.807, 2.05) is 26.0 Å². The predicted molar refractivity (Wildman–Crippen MR) is 93.1 cm³/mol. The van der Waals surface area contributed by atoms with Crippen molar-refractivity contribution >= 4 is 17.5 Å². The van der Waals surface area contributed by atoms with E-state index in [1.165, 1.54) is 18.0 Å². The Balaban J connectivity index is 2.05. The number of hydrogen-bond acceptors (Lipinski definition) is 4. The highest BCUT2D eigenvalue weighted by atomic mass is 16.1. The van der Waals surface area contributed by atoms with Gasteiger partial charge in [0.1, 0.15) is 0 Å². The zero-order chi connectivity index (χ0) is 17.0. The average molecular weight is 312 g/mol. The van der Waals surface area contributed by atoms with E-state index in [0.717, 1.165) is 5.69 Å². The number of benzene rings is 1. The highest BCUT2D eigenvalue weighted by molar-refractivity contribution is 5.93. The molecule has 1 aromatic heterocycles. The lowest BCUT2D eigenvalue weighted by Gasteiger charge is -2.19. The van der Waals surface area contributed by atoms with Gasteiger partial charge in [-0.25, -0.2) is 9.97 Å². The number of carbonyl (C=O) groups excluding carboxylic acids is 1. The van der Waals surface area contributed by atoms with Crippen LogP contribution < -0.4 is 10.6 Å². The molecule has 5 nitrogen and oxygen atoms in total. The molecule has 0 aliphatic heterocycles. The van der Waals surface area contributed by atoms with E-state index >= 15 is 0 Å². The number of amides is 1. The standard InChI is InChI=1S/C18H24N4O/c1-12(2)21-16(23)13-10-19-17(20-11-13)22-15-8-6-14(7-9-15)18(3,4)5/h6-12H,1-5H3,(H,21,23)(H,19,20,22). The number of nitrogens with zero attached hydrogens (tertiary/aromatic N) is 2. The van der Waals surface area contributed by atoms with Crippen LogP contribution in [0.5, 0.6) is 0 Å². The van der Waals surface area contributed by atoms with Crippen LogP contribution in [0.15, 0.2) is 36.7 Å². The molecule has 122 valence electrons. The first-order valence-electron chi connectivity index (χ1n) is 7.76. The van der Waals surface area contributed by atoms with E-state index in [-0.39, 0.29) is 17.4 Å². The van der Waals surface area contributed by atoms with E-state index in [1.54, 1.807) is 0 Å². The molecule has 0 bridgehead atoms. The second kappa shape index (κ2) is 6.77. The second-order valence-corrected chi connectivity index (χ2v) is 6.88. The molecule has 0 radical (unpaired) electrons.